The van der Waals surface area contributed by atoms with Crippen LogP contribution in [-0.2, 0) is 12.5 Å². The van der Waals surface area contributed by atoms with Gasteiger partial charge in [-0.15, -0.1) is 0 Å². The molecule has 0 aliphatic heterocycles. The van der Waals surface area contributed by atoms with E-state index in [2.05, 4.69) is 0 Å². The molecular formula is C23H17F4NO. The van der Waals surface area contributed by atoms with E-state index in [1.807, 2.05) is 6.92 Å². The monoisotopic (exact) mass is 399 g/mol. The van der Waals surface area contributed by atoms with Crippen LogP contribution in [0.3, 0.4) is 0 Å². The molecule has 0 N–H and O–H groups in total. The molecule has 0 heterocycles. The Morgan fingerprint density at radius 3 is 2.00 bits per heavy atom. The Kier molecular flexibility index (Phi) is 5.88. The van der Waals surface area contributed by atoms with E-state index >= 15 is 0 Å². The van der Waals surface area contributed by atoms with Gasteiger partial charge in [-0.1, -0.05) is 37.6 Å². The molecule has 3 rings (SSSR count). The summed E-state index contributed by atoms with van der Waals surface area (Å²) < 4.78 is 61.2. The molecule has 0 radical (unpaired) electrons. The third-order valence-electron chi connectivity index (χ3n) is 4.42. The van der Waals surface area contributed by atoms with Gasteiger partial charge < -0.3 is 4.74 Å². The summed E-state index contributed by atoms with van der Waals surface area (Å²) in [6, 6.07) is 14.9. The van der Waals surface area contributed by atoms with Gasteiger partial charge in [0.15, 0.2) is 0 Å². The van der Waals surface area contributed by atoms with Gasteiger partial charge in [-0.25, -0.2) is 8.78 Å². The summed E-state index contributed by atoms with van der Waals surface area (Å²) in [5.41, 5.74) is 0.616. The van der Waals surface area contributed by atoms with Gasteiger partial charge in [0.1, 0.15) is 29.0 Å². The lowest BCUT2D eigenvalue weighted by Crippen LogP contribution is -2.21. The zero-order valence-corrected chi connectivity index (χ0v) is 15.6. The smallest absolute Gasteiger partial charge is 0.426 e. The molecule has 0 saturated heterocycles. The first-order chi connectivity index (χ1) is 13.8. The Balaban J connectivity index is 1.79. The van der Waals surface area contributed by atoms with E-state index in [9.17, 15) is 17.6 Å². The zero-order valence-electron chi connectivity index (χ0n) is 15.6. The van der Waals surface area contributed by atoms with E-state index in [1.165, 1.54) is 42.5 Å². The Morgan fingerprint density at radius 2 is 1.48 bits per heavy atom. The Labute approximate surface area is 166 Å². The van der Waals surface area contributed by atoms with Gasteiger partial charge in [0.05, 0.1) is 5.56 Å². The van der Waals surface area contributed by atoms with Crippen molar-refractivity contribution in [1.82, 2.24) is 0 Å². The second kappa shape index (κ2) is 8.36. The van der Waals surface area contributed by atoms with Gasteiger partial charge in [-0.3, -0.25) is 0 Å². The Bertz CT molecular complexity index is 1010. The lowest BCUT2D eigenvalue weighted by atomic mass is 10.0. The van der Waals surface area contributed by atoms with Crippen LogP contribution >= 0.6 is 0 Å². The normalized spacial score (nSPS) is 11.2. The minimum atomic E-state index is -3.53. The van der Waals surface area contributed by atoms with E-state index < -0.39 is 23.3 Å². The predicted molar refractivity (Wildman–Crippen MR) is 101 cm³/mol. The van der Waals surface area contributed by atoms with Crippen LogP contribution in [0.1, 0.15) is 30.0 Å². The second-order valence-electron chi connectivity index (χ2n) is 6.52. The number of rotatable bonds is 6. The fraction of sp³-hybridized carbons (Fsp3) is 0.174. The van der Waals surface area contributed by atoms with Gasteiger partial charge in [0.2, 0.25) is 0 Å². The number of alkyl halides is 2. The van der Waals surface area contributed by atoms with Crippen LogP contribution in [-0.4, -0.2) is 0 Å². The average molecular weight is 399 g/mol. The standard InChI is InChI=1S/C23H17F4NO/c1-2-3-15-4-8-18(9-5-15)23(26,27)29-19-10-6-16(7-11-19)17-12-21(24)20(14-28)22(25)13-17/h4-13H,2-3H2,1H3. The van der Waals surface area contributed by atoms with Crippen molar-refractivity contribution in [1.29, 1.82) is 5.26 Å². The molecule has 0 fully saturated rings. The van der Waals surface area contributed by atoms with E-state index in [1.54, 1.807) is 12.1 Å². The highest BCUT2D eigenvalue weighted by Crippen LogP contribution is 2.33. The summed E-state index contributed by atoms with van der Waals surface area (Å²) >= 11 is 0. The van der Waals surface area contributed by atoms with E-state index in [4.69, 9.17) is 10.00 Å². The van der Waals surface area contributed by atoms with Gasteiger partial charge in [-0.2, -0.15) is 14.0 Å². The summed E-state index contributed by atoms with van der Waals surface area (Å²) in [6.07, 6.45) is -1.80. The van der Waals surface area contributed by atoms with Crippen molar-refractivity contribution in [3.05, 3.63) is 89.0 Å². The third-order valence-corrected chi connectivity index (χ3v) is 4.42. The van der Waals surface area contributed by atoms with Crippen molar-refractivity contribution >= 4 is 0 Å². The summed E-state index contributed by atoms with van der Waals surface area (Å²) in [5.74, 6) is -2.06. The summed E-state index contributed by atoms with van der Waals surface area (Å²) in [5, 5.41) is 8.72. The van der Waals surface area contributed by atoms with Gasteiger partial charge in [0, 0.05) is 0 Å². The minimum absolute atomic E-state index is 0.0917. The quantitative estimate of drug-likeness (QED) is 0.439. The van der Waals surface area contributed by atoms with Crippen LogP contribution in [0, 0.1) is 23.0 Å². The number of benzene rings is 3. The largest absolute Gasteiger partial charge is 0.429 e. The fourth-order valence-electron chi connectivity index (χ4n) is 2.92. The topological polar surface area (TPSA) is 33.0 Å². The molecule has 3 aromatic carbocycles. The molecule has 29 heavy (non-hydrogen) atoms. The first-order valence-corrected chi connectivity index (χ1v) is 9.00. The fourth-order valence-corrected chi connectivity index (χ4v) is 2.92. The highest BCUT2D eigenvalue weighted by molar-refractivity contribution is 5.65. The molecule has 0 aromatic heterocycles. The average Bonchev–Trinajstić information content (AvgIpc) is 2.69. The number of aryl methyl sites for hydroxylation is 1. The molecule has 0 bridgehead atoms. The van der Waals surface area contributed by atoms with Gasteiger partial charge >= 0.3 is 6.11 Å². The molecule has 2 nitrogen and oxygen atoms in total. The van der Waals surface area contributed by atoms with Crippen LogP contribution in [0.2, 0.25) is 0 Å². The van der Waals surface area contributed by atoms with Crippen molar-refractivity contribution in [2.75, 3.05) is 0 Å². The number of hydrogen-bond acceptors (Lipinski definition) is 2. The number of halogens is 4. The van der Waals surface area contributed by atoms with Crippen LogP contribution in [0.15, 0.2) is 60.7 Å². The SMILES string of the molecule is CCCc1ccc(C(F)(F)Oc2ccc(-c3cc(F)c(C#N)c(F)c3)cc2)cc1. The molecule has 148 valence electrons. The summed E-state index contributed by atoms with van der Waals surface area (Å²) in [7, 11) is 0. The lowest BCUT2D eigenvalue weighted by molar-refractivity contribution is -0.185. The van der Waals surface area contributed by atoms with Crippen LogP contribution in [0.25, 0.3) is 11.1 Å². The number of nitriles is 1. The van der Waals surface area contributed by atoms with Crippen LogP contribution in [0.4, 0.5) is 17.6 Å². The van der Waals surface area contributed by atoms with E-state index in [-0.39, 0.29) is 16.9 Å². The molecular weight excluding hydrogens is 382 g/mol. The lowest BCUT2D eigenvalue weighted by Gasteiger charge is -2.19. The molecule has 6 heteroatoms. The number of nitrogens with zero attached hydrogens (tertiary/aromatic N) is 1. The number of hydrogen-bond donors (Lipinski definition) is 0. The molecule has 0 amide bonds. The second-order valence-corrected chi connectivity index (χ2v) is 6.52. The molecule has 0 atom stereocenters. The van der Waals surface area contributed by atoms with Crippen molar-refractivity contribution < 1.29 is 22.3 Å². The van der Waals surface area contributed by atoms with Gasteiger partial charge in [0.25, 0.3) is 0 Å². The molecule has 3 aromatic rings. The highest BCUT2D eigenvalue weighted by atomic mass is 19.3. The Hall–Kier alpha value is -3.33. The Morgan fingerprint density at radius 1 is 0.897 bits per heavy atom. The van der Waals surface area contributed by atoms with Crippen molar-refractivity contribution in [3.63, 3.8) is 0 Å². The molecule has 0 aliphatic carbocycles. The van der Waals surface area contributed by atoms with E-state index in [0.717, 1.165) is 30.5 Å². The molecule has 0 saturated carbocycles. The van der Waals surface area contributed by atoms with Crippen LogP contribution in [0.5, 0.6) is 5.75 Å². The maximum atomic E-state index is 14.4. The molecule has 0 unspecified atom stereocenters. The van der Waals surface area contributed by atoms with E-state index in [0.29, 0.717) is 5.56 Å². The minimum Gasteiger partial charge on any atom is -0.429 e. The van der Waals surface area contributed by atoms with Gasteiger partial charge in [-0.05, 0) is 59.5 Å². The van der Waals surface area contributed by atoms with Crippen molar-refractivity contribution in [2.24, 2.45) is 0 Å². The maximum Gasteiger partial charge on any atom is 0.426 e. The maximum absolute atomic E-state index is 14.4. The third kappa shape index (κ3) is 4.57. The van der Waals surface area contributed by atoms with Crippen molar-refractivity contribution in [2.45, 2.75) is 25.9 Å². The number of ether oxygens (including phenoxy) is 1. The summed E-state index contributed by atoms with van der Waals surface area (Å²) in [4.78, 5) is 0. The zero-order chi connectivity index (χ0) is 21.0. The molecule has 0 aliphatic rings. The first kappa shape index (κ1) is 20.4. The first-order valence-electron chi connectivity index (χ1n) is 9.00. The summed E-state index contributed by atoms with van der Waals surface area (Å²) in [6.45, 7) is 2.01. The van der Waals surface area contributed by atoms with Crippen LogP contribution < -0.4 is 4.74 Å². The predicted octanol–water partition coefficient (Wildman–Crippen LogP) is 6.58. The highest BCUT2D eigenvalue weighted by Gasteiger charge is 2.34. The van der Waals surface area contributed by atoms with Crippen molar-refractivity contribution in [3.8, 4) is 22.9 Å². The molecule has 0 spiro atoms.